The molecule has 1 N–H and O–H groups in total. The van der Waals surface area contributed by atoms with Crippen molar-refractivity contribution in [3.05, 3.63) is 0 Å². The van der Waals surface area contributed by atoms with Gasteiger partial charge in [0, 0.05) is 50.2 Å². The number of rotatable bonds is 3. The normalized spacial score (nSPS) is 18.7. The predicted molar refractivity (Wildman–Crippen MR) is 80.3 cm³/mol. The molecule has 0 aromatic heterocycles. The molecule has 4 nitrogen and oxygen atoms in total. The Kier molecular flexibility index (Phi) is 5.39. The molecule has 4 heteroatoms. The number of piperazine rings is 1. The number of nitrogens with zero attached hydrogens (tertiary/aromatic N) is 2. The maximum absolute atomic E-state index is 12.1. The fourth-order valence-corrected chi connectivity index (χ4v) is 2.33. The Bertz CT molecular complexity index is 293. The lowest BCUT2D eigenvalue weighted by atomic mass is 10.0. The van der Waals surface area contributed by atoms with Crippen molar-refractivity contribution in [2.24, 2.45) is 0 Å². The van der Waals surface area contributed by atoms with Crippen molar-refractivity contribution >= 4 is 5.91 Å². The van der Waals surface area contributed by atoms with Gasteiger partial charge in [-0.1, -0.05) is 0 Å². The van der Waals surface area contributed by atoms with Crippen LogP contribution in [0.3, 0.4) is 0 Å². The van der Waals surface area contributed by atoms with E-state index >= 15 is 0 Å². The van der Waals surface area contributed by atoms with Gasteiger partial charge in [0.05, 0.1) is 0 Å². The Morgan fingerprint density at radius 2 is 1.53 bits per heavy atom. The fraction of sp³-hybridized carbons (Fsp3) is 0.933. The molecule has 1 aliphatic heterocycles. The Labute approximate surface area is 118 Å². The second-order valence-corrected chi connectivity index (χ2v) is 7.47. The van der Waals surface area contributed by atoms with Crippen LogP contribution < -0.4 is 5.32 Å². The molecular formula is C15H31N3O. The SMILES string of the molecule is CC(C)(C)NCCC(=O)N1CCN(C(C)(C)C)CC1. The molecule has 0 bridgehead atoms. The molecule has 19 heavy (non-hydrogen) atoms. The Balaban J connectivity index is 2.29. The standard InChI is InChI=1S/C15H31N3O/c1-14(2,3)16-8-7-13(19)17-9-11-18(12-10-17)15(4,5)6/h16H,7-12H2,1-6H3. The van der Waals surface area contributed by atoms with Crippen molar-refractivity contribution in [3.63, 3.8) is 0 Å². The molecule has 0 radical (unpaired) electrons. The van der Waals surface area contributed by atoms with E-state index in [0.717, 1.165) is 32.7 Å². The lowest BCUT2D eigenvalue weighted by molar-refractivity contribution is -0.133. The number of hydrogen-bond acceptors (Lipinski definition) is 3. The third kappa shape index (κ3) is 5.91. The van der Waals surface area contributed by atoms with Gasteiger partial charge in [-0.25, -0.2) is 0 Å². The van der Waals surface area contributed by atoms with Gasteiger partial charge in [-0.3, -0.25) is 9.69 Å². The lowest BCUT2D eigenvalue weighted by Crippen LogP contribution is -2.55. The fourth-order valence-electron chi connectivity index (χ4n) is 2.33. The van der Waals surface area contributed by atoms with Crippen molar-refractivity contribution in [2.45, 2.75) is 59.0 Å². The largest absolute Gasteiger partial charge is 0.340 e. The van der Waals surface area contributed by atoms with Crippen molar-refractivity contribution in [3.8, 4) is 0 Å². The molecule has 0 atom stereocenters. The zero-order valence-electron chi connectivity index (χ0n) is 13.5. The third-order valence-electron chi connectivity index (χ3n) is 3.58. The maximum atomic E-state index is 12.1. The van der Waals surface area contributed by atoms with Gasteiger partial charge in [-0.05, 0) is 41.5 Å². The van der Waals surface area contributed by atoms with Gasteiger partial charge in [0.15, 0.2) is 0 Å². The van der Waals surface area contributed by atoms with E-state index in [0.29, 0.717) is 6.42 Å². The highest BCUT2D eigenvalue weighted by Crippen LogP contribution is 2.16. The van der Waals surface area contributed by atoms with Gasteiger partial charge in [0.25, 0.3) is 0 Å². The molecule has 0 aromatic carbocycles. The zero-order valence-corrected chi connectivity index (χ0v) is 13.5. The highest BCUT2D eigenvalue weighted by atomic mass is 16.2. The molecule has 1 fully saturated rings. The number of nitrogens with one attached hydrogen (secondary N) is 1. The monoisotopic (exact) mass is 269 g/mol. The second-order valence-electron chi connectivity index (χ2n) is 7.47. The van der Waals surface area contributed by atoms with E-state index in [2.05, 4.69) is 51.8 Å². The van der Waals surface area contributed by atoms with Crippen LogP contribution in [0, 0.1) is 0 Å². The summed E-state index contributed by atoms with van der Waals surface area (Å²) in [5.74, 6) is 0.283. The van der Waals surface area contributed by atoms with Crippen LogP contribution >= 0.6 is 0 Å². The van der Waals surface area contributed by atoms with Gasteiger partial charge in [-0.15, -0.1) is 0 Å². The molecule has 1 aliphatic rings. The highest BCUT2D eigenvalue weighted by Gasteiger charge is 2.27. The van der Waals surface area contributed by atoms with Gasteiger partial charge >= 0.3 is 0 Å². The van der Waals surface area contributed by atoms with E-state index in [1.807, 2.05) is 4.90 Å². The molecule has 1 amide bonds. The summed E-state index contributed by atoms with van der Waals surface area (Å²) in [5, 5.41) is 3.37. The molecule has 1 saturated heterocycles. The van der Waals surface area contributed by atoms with E-state index in [-0.39, 0.29) is 17.0 Å². The number of hydrogen-bond donors (Lipinski definition) is 1. The van der Waals surface area contributed by atoms with E-state index < -0.39 is 0 Å². The summed E-state index contributed by atoms with van der Waals surface area (Å²) in [6.07, 6.45) is 0.604. The summed E-state index contributed by atoms with van der Waals surface area (Å²) in [5.41, 5.74) is 0.300. The van der Waals surface area contributed by atoms with Gasteiger partial charge < -0.3 is 10.2 Å². The van der Waals surface area contributed by atoms with Crippen molar-refractivity contribution in [1.29, 1.82) is 0 Å². The summed E-state index contributed by atoms with van der Waals surface area (Å²) in [7, 11) is 0. The third-order valence-corrected chi connectivity index (χ3v) is 3.58. The number of carbonyl (C=O) groups excluding carboxylic acids is 1. The zero-order chi connectivity index (χ0) is 14.7. The van der Waals surface area contributed by atoms with Crippen molar-refractivity contribution in [1.82, 2.24) is 15.1 Å². The minimum Gasteiger partial charge on any atom is -0.340 e. The molecule has 0 aliphatic carbocycles. The Hall–Kier alpha value is -0.610. The average Bonchev–Trinajstić information content (AvgIpc) is 2.26. The lowest BCUT2D eigenvalue weighted by Gasteiger charge is -2.42. The summed E-state index contributed by atoms with van der Waals surface area (Å²) in [6, 6.07) is 0. The average molecular weight is 269 g/mol. The van der Waals surface area contributed by atoms with Crippen LogP contribution in [0.25, 0.3) is 0 Å². The first kappa shape index (κ1) is 16.4. The topological polar surface area (TPSA) is 35.6 Å². The molecular weight excluding hydrogens is 238 g/mol. The van der Waals surface area contributed by atoms with Crippen LogP contribution in [0.15, 0.2) is 0 Å². The maximum Gasteiger partial charge on any atom is 0.223 e. The van der Waals surface area contributed by atoms with Crippen LogP contribution in [0.2, 0.25) is 0 Å². The summed E-state index contributed by atoms with van der Waals surface area (Å²) in [4.78, 5) is 16.6. The molecule has 0 unspecified atom stereocenters. The molecule has 0 saturated carbocycles. The second kappa shape index (κ2) is 6.23. The minimum atomic E-state index is 0.0885. The molecule has 1 heterocycles. The first-order valence-electron chi connectivity index (χ1n) is 7.37. The summed E-state index contributed by atoms with van der Waals surface area (Å²) >= 11 is 0. The van der Waals surface area contributed by atoms with Gasteiger partial charge in [-0.2, -0.15) is 0 Å². The molecule has 0 spiro atoms. The smallest absolute Gasteiger partial charge is 0.223 e. The molecule has 1 rings (SSSR count). The van der Waals surface area contributed by atoms with Crippen LogP contribution in [-0.2, 0) is 4.79 Å². The minimum absolute atomic E-state index is 0.0885. The van der Waals surface area contributed by atoms with E-state index in [9.17, 15) is 4.79 Å². The van der Waals surface area contributed by atoms with Crippen LogP contribution in [0.4, 0.5) is 0 Å². The number of amides is 1. The first-order chi connectivity index (χ1) is 8.59. The van der Waals surface area contributed by atoms with Gasteiger partial charge in [0.2, 0.25) is 5.91 Å². The van der Waals surface area contributed by atoms with E-state index in [1.54, 1.807) is 0 Å². The Morgan fingerprint density at radius 1 is 1.00 bits per heavy atom. The van der Waals surface area contributed by atoms with E-state index in [4.69, 9.17) is 0 Å². The van der Waals surface area contributed by atoms with Crippen molar-refractivity contribution < 1.29 is 4.79 Å². The molecule has 112 valence electrons. The van der Waals surface area contributed by atoms with Gasteiger partial charge in [0.1, 0.15) is 0 Å². The van der Waals surface area contributed by atoms with Crippen LogP contribution in [0.5, 0.6) is 0 Å². The quantitative estimate of drug-likeness (QED) is 0.847. The van der Waals surface area contributed by atoms with E-state index in [1.165, 1.54) is 0 Å². The molecule has 0 aromatic rings. The Morgan fingerprint density at radius 3 is 1.95 bits per heavy atom. The van der Waals surface area contributed by atoms with Crippen LogP contribution in [0.1, 0.15) is 48.0 Å². The highest BCUT2D eigenvalue weighted by molar-refractivity contribution is 5.76. The van der Waals surface area contributed by atoms with Crippen LogP contribution in [-0.4, -0.2) is 59.5 Å². The predicted octanol–water partition coefficient (Wildman–Crippen LogP) is 1.71. The first-order valence-corrected chi connectivity index (χ1v) is 7.37. The van der Waals surface area contributed by atoms with Crippen molar-refractivity contribution in [2.75, 3.05) is 32.7 Å². The number of carbonyl (C=O) groups is 1. The summed E-state index contributed by atoms with van der Waals surface area (Å²) < 4.78 is 0. The summed E-state index contributed by atoms with van der Waals surface area (Å²) in [6.45, 7) is 17.6.